The van der Waals surface area contributed by atoms with E-state index in [1.807, 2.05) is 12.1 Å². The average Bonchev–Trinajstić information content (AvgIpc) is 2.61. The van der Waals surface area contributed by atoms with Gasteiger partial charge in [-0.1, -0.05) is 12.1 Å². The van der Waals surface area contributed by atoms with Gasteiger partial charge in [0, 0.05) is 31.3 Å². The lowest BCUT2D eigenvalue weighted by Gasteiger charge is -2.32. The van der Waals surface area contributed by atoms with Crippen LogP contribution in [0, 0.1) is 11.7 Å². The Morgan fingerprint density at radius 3 is 3.00 bits per heavy atom. The molecule has 5 heteroatoms. The summed E-state index contributed by atoms with van der Waals surface area (Å²) < 4.78 is 24.5. The number of ether oxygens (including phenoxy) is 2. The van der Waals surface area contributed by atoms with Crippen LogP contribution < -0.4 is 9.47 Å². The van der Waals surface area contributed by atoms with E-state index in [4.69, 9.17) is 9.47 Å². The first-order valence-corrected chi connectivity index (χ1v) is 8.33. The van der Waals surface area contributed by atoms with Gasteiger partial charge in [0.25, 0.3) is 0 Å². The second-order valence-corrected chi connectivity index (χ2v) is 6.17. The minimum Gasteiger partial charge on any atom is -0.497 e. The Morgan fingerprint density at radius 2 is 2.17 bits per heavy atom. The zero-order valence-electron chi connectivity index (χ0n) is 14.0. The number of halogens is 1. The molecule has 0 amide bonds. The number of para-hydroxylation sites is 1. The minimum atomic E-state index is -0.300. The van der Waals surface area contributed by atoms with E-state index in [2.05, 4.69) is 9.88 Å². The van der Waals surface area contributed by atoms with Crippen LogP contribution in [0.5, 0.6) is 11.5 Å². The van der Waals surface area contributed by atoms with E-state index >= 15 is 0 Å². The lowest BCUT2D eigenvalue weighted by Crippen LogP contribution is -2.37. The molecule has 3 rings (SSSR count). The van der Waals surface area contributed by atoms with Gasteiger partial charge in [0.05, 0.1) is 19.4 Å². The van der Waals surface area contributed by atoms with E-state index in [1.165, 1.54) is 6.07 Å². The van der Waals surface area contributed by atoms with Crippen molar-refractivity contribution in [1.29, 1.82) is 0 Å². The molecule has 1 saturated heterocycles. The molecule has 1 aromatic carbocycles. The number of benzene rings is 1. The highest BCUT2D eigenvalue weighted by Gasteiger charge is 2.21. The molecule has 1 fully saturated rings. The summed E-state index contributed by atoms with van der Waals surface area (Å²) in [6.07, 6.45) is 4.00. The monoisotopic (exact) mass is 330 g/mol. The SMILES string of the molecule is COc1ccnc(CN2CCCC(COc3ccccc3F)C2)c1. The average molecular weight is 330 g/mol. The third kappa shape index (κ3) is 4.45. The quantitative estimate of drug-likeness (QED) is 0.812. The van der Waals surface area contributed by atoms with Gasteiger partial charge in [0.15, 0.2) is 11.6 Å². The van der Waals surface area contributed by atoms with Crippen molar-refractivity contribution >= 4 is 0 Å². The van der Waals surface area contributed by atoms with Crippen molar-refractivity contribution in [1.82, 2.24) is 9.88 Å². The van der Waals surface area contributed by atoms with Crippen LogP contribution in [0.1, 0.15) is 18.5 Å². The molecule has 0 bridgehead atoms. The molecule has 1 atom stereocenters. The lowest BCUT2D eigenvalue weighted by molar-refractivity contribution is 0.122. The molecule has 24 heavy (non-hydrogen) atoms. The maximum atomic E-state index is 13.6. The molecular weight excluding hydrogens is 307 g/mol. The summed E-state index contributed by atoms with van der Waals surface area (Å²) in [5.41, 5.74) is 1.00. The first kappa shape index (κ1) is 16.7. The summed E-state index contributed by atoms with van der Waals surface area (Å²) >= 11 is 0. The van der Waals surface area contributed by atoms with Gasteiger partial charge in [-0.2, -0.15) is 0 Å². The van der Waals surface area contributed by atoms with E-state index in [0.29, 0.717) is 18.3 Å². The van der Waals surface area contributed by atoms with Crippen molar-refractivity contribution in [3.05, 3.63) is 54.1 Å². The van der Waals surface area contributed by atoms with E-state index in [9.17, 15) is 4.39 Å². The summed E-state index contributed by atoms with van der Waals surface area (Å²) in [7, 11) is 1.66. The Bertz CT molecular complexity index is 665. The molecule has 0 aliphatic carbocycles. The molecule has 1 aromatic heterocycles. The largest absolute Gasteiger partial charge is 0.497 e. The number of rotatable bonds is 6. The van der Waals surface area contributed by atoms with Crippen molar-refractivity contribution in [3.8, 4) is 11.5 Å². The van der Waals surface area contributed by atoms with Crippen LogP contribution in [0.2, 0.25) is 0 Å². The molecule has 4 nitrogen and oxygen atoms in total. The molecule has 1 aliphatic heterocycles. The maximum Gasteiger partial charge on any atom is 0.165 e. The molecular formula is C19H23FN2O2. The van der Waals surface area contributed by atoms with Crippen LogP contribution in [0.15, 0.2) is 42.6 Å². The van der Waals surface area contributed by atoms with Gasteiger partial charge < -0.3 is 9.47 Å². The van der Waals surface area contributed by atoms with Gasteiger partial charge in [-0.25, -0.2) is 4.39 Å². The van der Waals surface area contributed by atoms with Crippen LogP contribution >= 0.6 is 0 Å². The van der Waals surface area contributed by atoms with Gasteiger partial charge in [-0.3, -0.25) is 9.88 Å². The maximum absolute atomic E-state index is 13.6. The predicted octanol–water partition coefficient (Wildman–Crippen LogP) is 3.52. The van der Waals surface area contributed by atoms with Crippen molar-refractivity contribution < 1.29 is 13.9 Å². The Morgan fingerprint density at radius 1 is 1.29 bits per heavy atom. The lowest BCUT2D eigenvalue weighted by atomic mass is 9.99. The third-order valence-electron chi connectivity index (χ3n) is 4.32. The molecule has 0 saturated carbocycles. The number of pyridine rings is 1. The summed E-state index contributed by atoms with van der Waals surface area (Å²) in [4.78, 5) is 6.78. The van der Waals surface area contributed by atoms with Gasteiger partial charge in [-0.15, -0.1) is 0 Å². The number of aromatic nitrogens is 1. The van der Waals surface area contributed by atoms with Crippen LogP contribution in [-0.4, -0.2) is 36.7 Å². The normalized spacial score (nSPS) is 18.3. The van der Waals surface area contributed by atoms with E-state index in [1.54, 1.807) is 31.5 Å². The second kappa shape index (κ2) is 8.11. The van der Waals surface area contributed by atoms with Gasteiger partial charge in [0.2, 0.25) is 0 Å². The molecule has 0 spiro atoms. The Labute approximate surface area is 142 Å². The summed E-state index contributed by atoms with van der Waals surface area (Å²) in [6, 6.07) is 10.4. The van der Waals surface area contributed by atoms with Crippen LogP contribution in [-0.2, 0) is 6.54 Å². The number of nitrogens with zero attached hydrogens (tertiary/aromatic N) is 2. The number of hydrogen-bond donors (Lipinski definition) is 0. The van der Waals surface area contributed by atoms with Crippen molar-refractivity contribution in [2.45, 2.75) is 19.4 Å². The topological polar surface area (TPSA) is 34.6 Å². The fourth-order valence-corrected chi connectivity index (χ4v) is 3.10. The number of hydrogen-bond acceptors (Lipinski definition) is 4. The van der Waals surface area contributed by atoms with Crippen molar-refractivity contribution in [2.24, 2.45) is 5.92 Å². The van der Waals surface area contributed by atoms with Gasteiger partial charge >= 0.3 is 0 Å². The second-order valence-electron chi connectivity index (χ2n) is 6.17. The van der Waals surface area contributed by atoms with Crippen LogP contribution in [0.4, 0.5) is 4.39 Å². The highest BCUT2D eigenvalue weighted by atomic mass is 19.1. The number of likely N-dealkylation sites (tertiary alicyclic amines) is 1. The highest BCUT2D eigenvalue weighted by Crippen LogP contribution is 2.22. The third-order valence-corrected chi connectivity index (χ3v) is 4.32. The standard InChI is InChI=1S/C19H23FN2O2/c1-23-17-8-9-21-16(11-17)13-22-10-4-5-15(12-22)14-24-19-7-3-2-6-18(19)20/h2-3,6-9,11,15H,4-5,10,12-14H2,1H3. The zero-order chi connectivity index (χ0) is 16.8. The molecule has 1 aliphatic rings. The minimum absolute atomic E-state index is 0.300. The zero-order valence-corrected chi connectivity index (χ0v) is 14.0. The Balaban J connectivity index is 1.53. The van der Waals surface area contributed by atoms with E-state index < -0.39 is 0 Å². The molecule has 128 valence electrons. The van der Waals surface area contributed by atoms with Crippen molar-refractivity contribution in [3.63, 3.8) is 0 Å². The van der Waals surface area contributed by atoms with Gasteiger partial charge in [-0.05, 0) is 37.6 Å². The number of piperidine rings is 1. The summed E-state index contributed by atoms with van der Waals surface area (Å²) in [6.45, 7) is 3.33. The molecule has 2 heterocycles. The highest BCUT2D eigenvalue weighted by molar-refractivity contribution is 5.24. The smallest absolute Gasteiger partial charge is 0.165 e. The Kier molecular flexibility index (Phi) is 5.64. The molecule has 1 unspecified atom stereocenters. The summed E-state index contributed by atoms with van der Waals surface area (Å²) in [5.74, 6) is 1.27. The molecule has 0 N–H and O–H groups in total. The summed E-state index contributed by atoms with van der Waals surface area (Å²) in [5, 5.41) is 0. The van der Waals surface area contributed by atoms with Gasteiger partial charge in [0.1, 0.15) is 5.75 Å². The van der Waals surface area contributed by atoms with Crippen molar-refractivity contribution in [2.75, 3.05) is 26.8 Å². The molecule has 0 radical (unpaired) electrons. The molecule has 2 aromatic rings. The van der Waals surface area contributed by atoms with Crippen LogP contribution in [0.25, 0.3) is 0 Å². The Hall–Kier alpha value is -2.14. The fraction of sp³-hybridized carbons (Fsp3) is 0.421. The first-order chi connectivity index (χ1) is 11.7. The predicted molar refractivity (Wildman–Crippen MR) is 90.7 cm³/mol. The number of methoxy groups -OCH3 is 1. The van der Waals surface area contributed by atoms with Crippen LogP contribution in [0.3, 0.4) is 0 Å². The fourth-order valence-electron chi connectivity index (χ4n) is 3.10. The van der Waals surface area contributed by atoms with E-state index in [-0.39, 0.29) is 5.82 Å². The first-order valence-electron chi connectivity index (χ1n) is 8.33. The van der Waals surface area contributed by atoms with E-state index in [0.717, 1.165) is 43.9 Å².